The molecule has 0 spiro atoms. The molecule has 0 bridgehead atoms. The third kappa shape index (κ3) is 2.23. The van der Waals surface area contributed by atoms with Crippen LogP contribution in [0.15, 0.2) is 28.7 Å². The van der Waals surface area contributed by atoms with Crippen molar-refractivity contribution < 1.29 is 0 Å². The maximum Gasteiger partial charge on any atom is 0.0464 e. The molecule has 0 amide bonds. The first-order valence-electron chi connectivity index (χ1n) is 6.73. The lowest BCUT2D eigenvalue weighted by molar-refractivity contribution is 1.28. The van der Waals surface area contributed by atoms with E-state index in [1.807, 2.05) is 0 Å². The maximum absolute atomic E-state index is 6.30. The second kappa shape index (κ2) is 5.05. The molecule has 0 saturated heterocycles. The van der Waals surface area contributed by atoms with E-state index in [2.05, 4.69) is 67.0 Å². The fourth-order valence-electron chi connectivity index (χ4n) is 2.95. The molecule has 0 fully saturated rings. The minimum absolute atomic E-state index is 0.871. The predicted molar refractivity (Wildman–Crippen MR) is 91.7 cm³/mol. The Morgan fingerprint density at radius 1 is 1.00 bits per heavy atom. The second-order valence-corrected chi connectivity index (χ2v) is 6.92. The normalized spacial score (nSPS) is 13.3. The van der Waals surface area contributed by atoms with Crippen molar-refractivity contribution in [2.24, 2.45) is 0 Å². The van der Waals surface area contributed by atoms with Gasteiger partial charge in [-0.15, -0.1) is 0 Å². The van der Waals surface area contributed by atoms with Crippen LogP contribution in [0, 0.1) is 20.8 Å². The Bertz CT molecular complexity index is 718. The smallest absolute Gasteiger partial charge is 0.0464 e. The Labute approximate surface area is 133 Å². The minimum Gasteiger partial charge on any atom is -0.0838 e. The largest absolute Gasteiger partial charge is 0.0838 e. The van der Waals surface area contributed by atoms with Gasteiger partial charge in [0.15, 0.2) is 0 Å². The van der Waals surface area contributed by atoms with E-state index in [-0.39, 0.29) is 0 Å². The molecule has 3 rings (SSSR count). The van der Waals surface area contributed by atoms with E-state index in [1.54, 1.807) is 0 Å². The first-order valence-corrected chi connectivity index (χ1v) is 7.90. The van der Waals surface area contributed by atoms with Gasteiger partial charge in [0.25, 0.3) is 0 Å². The Hall–Kier alpha value is -1.05. The zero-order valence-corrected chi connectivity index (χ0v) is 14.2. The topological polar surface area (TPSA) is 0 Å². The highest BCUT2D eigenvalue weighted by atomic mass is 79.9. The van der Waals surface area contributed by atoms with Crippen molar-refractivity contribution in [3.05, 3.63) is 61.6 Å². The number of hydrogen-bond donors (Lipinski definition) is 0. The van der Waals surface area contributed by atoms with Crippen LogP contribution in [0.5, 0.6) is 0 Å². The number of benzene rings is 2. The Balaban J connectivity index is 2.29. The van der Waals surface area contributed by atoms with Gasteiger partial charge in [-0.1, -0.05) is 39.7 Å². The van der Waals surface area contributed by atoms with Crippen molar-refractivity contribution in [1.29, 1.82) is 0 Å². The Kier molecular flexibility index (Phi) is 3.51. The van der Waals surface area contributed by atoms with Gasteiger partial charge in [0, 0.05) is 15.9 Å². The van der Waals surface area contributed by atoms with Gasteiger partial charge in [0.1, 0.15) is 0 Å². The Morgan fingerprint density at radius 3 is 2.30 bits per heavy atom. The first-order chi connectivity index (χ1) is 9.47. The molecule has 0 unspecified atom stereocenters. The molecule has 0 nitrogen and oxygen atoms in total. The van der Waals surface area contributed by atoms with Gasteiger partial charge in [-0.2, -0.15) is 0 Å². The Morgan fingerprint density at radius 2 is 1.65 bits per heavy atom. The fourth-order valence-corrected chi connectivity index (χ4v) is 3.59. The molecule has 0 aliphatic heterocycles. The summed E-state index contributed by atoms with van der Waals surface area (Å²) in [4.78, 5) is 0. The molecule has 102 valence electrons. The summed E-state index contributed by atoms with van der Waals surface area (Å²) < 4.78 is 1.25. The molecular weight excluding hydrogens is 332 g/mol. The van der Waals surface area contributed by atoms with Crippen LogP contribution in [0.4, 0.5) is 0 Å². The summed E-state index contributed by atoms with van der Waals surface area (Å²) in [5, 5.41) is 0.871. The van der Waals surface area contributed by atoms with Crippen LogP contribution in [0.2, 0.25) is 5.02 Å². The van der Waals surface area contributed by atoms with Crippen LogP contribution in [-0.4, -0.2) is 0 Å². The van der Waals surface area contributed by atoms with Crippen LogP contribution in [0.3, 0.4) is 0 Å². The van der Waals surface area contributed by atoms with Crippen molar-refractivity contribution in [3.8, 4) is 11.1 Å². The van der Waals surface area contributed by atoms with E-state index < -0.39 is 0 Å². The van der Waals surface area contributed by atoms with Gasteiger partial charge in [-0.25, -0.2) is 0 Å². The van der Waals surface area contributed by atoms with Crippen molar-refractivity contribution in [1.82, 2.24) is 0 Å². The van der Waals surface area contributed by atoms with E-state index in [4.69, 9.17) is 11.6 Å². The van der Waals surface area contributed by atoms with Crippen molar-refractivity contribution >= 4 is 33.6 Å². The van der Waals surface area contributed by atoms with Gasteiger partial charge in [-0.3, -0.25) is 0 Å². The second-order valence-electron chi connectivity index (χ2n) is 5.52. The standard InChI is InChI=1S/C18H16BrCl/c1-10-4-5-13-8-15(19)9-16(13)17(10)14-6-11(2)18(20)12(3)7-14/h4-7,9H,8H2,1-3H3. The van der Waals surface area contributed by atoms with Gasteiger partial charge in [-0.05, 0) is 77.9 Å². The summed E-state index contributed by atoms with van der Waals surface area (Å²) in [6.07, 6.45) is 3.24. The fraction of sp³-hybridized carbons (Fsp3) is 0.222. The van der Waals surface area contributed by atoms with Crippen molar-refractivity contribution in [3.63, 3.8) is 0 Å². The van der Waals surface area contributed by atoms with Crippen LogP contribution in [-0.2, 0) is 6.42 Å². The SMILES string of the molecule is Cc1cc(-c2c(C)ccc3c2C=C(Br)C3)cc(C)c1Cl. The van der Waals surface area contributed by atoms with Crippen LogP contribution in [0.25, 0.3) is 17.2 Å². The van der Waals surface area contributed by atoms with Crippen LogP contribution >= 0.6 is 27.5 Å². The highest BCUT2D eigenvalue weighted by Crippen LogP contribution is 2.39. The molecular formula is C18H16BrCl. The lowest BCUT2D eigenvalue weighted by Gasteiger charge is -2.14. The summed E-state index contributed by atoms with van der Waals surface area (Å²) in [6, 6.07) is 8.83. The van der Waals surface area contributed by atoms with Gasteiger partial charge < -0.3 is 0 Å². The number of halogens is 2. The summed E-state index contributed by atoms with van der Waals surface area (Å²) in [5.41, 5.74) is 8.92. The highest BCUT2D eigenvalue weighted by molar-refractivity contribution is 9.11. The molecule has 0 N–H and O–H groups in total. The molecule has 20 heavy (non-hydrogen) atoms. The van der Waals surface area contributed by atoms with E-state index in [0.29, 0.717) is 0 Å². The van der Waals surface area contributed by atoms with E-state index in [9.17, 15) is 0 Å². The number of rotatable bonds is 1. The average molecular weight is 348 g/mol. The van der Waals surface area contributed by atoms with Gasteiger partial charge in [0.2, 0.25) is 0 Å². The molecule has 0 atom stereocenters. The van der Waals surface area contributed by atoms with Crippen LogP contribution in [0.1, 0.15) is 27.8 Å². The zero-order chi connectivity index (χ0) is 14.4. The zero-order valence-electron chi connectivity index (χ0n) is 11.8. The predicted octanol–water partition coefficient (Wildman–Crippen LogP) is 6.22. The summed E-state index contributed by atoms with van der Waals surface area (Å²) in [6.45, 7) is 6.32. The molecule has 0 heterocycles. The van der Waals surface area contributed by atoms with Crippen molar-refractivity contribution in [2.75, 3.05) is 0 Å². The van der Waals surface area contributed by atoms with Crippen molar-refractivity contribution in [2.45, 2.75) is 27.2 Å². The van der Waals surface area contributed by atoms with Crippen LogP contribution < -0.4 is 0 Å². The summed E-state index contributed by atoms with van der Waals surface area (Å²) >= 11 is 9.93. The molecule has 0 aromatic heterocycles. The molecule has 0 saturated carbocycles. The monoisotopic (exact) mass is 346 g/mol. The maximum atomic E-state index is 6.30. The highest BCUT2D eigenvalue weighted by Gasteiger charge is 2.18. The first kappa shape index (κ1) is 13.9. The van der Waals surface area contributed by atoms with E-state index in [1.165, 1.54) is 32.3 Å². The molecule has 2 aromatic rings. The lowest BCUT2D eigenvalue weighted by Crippen LogP contribution is -1.93. The molecule has 0 radical (unpaired) electrons. The molecule has 2 aromatic carbocycles. The molecule has 1 aliphatic rings. The van der Waals surface area contributed by atoms with Gasteiger partial charge in [0.05, 0.1) is 0 Å². The lowest BCUT2D eigenvalue weighted by atomic mass is 9.91. The van der Waals surface area contributed by atoms with E-state index >= 15 is 0 Å². The van der Waals surface area contributed by atoms with Gasteiger partial charge >= 0.3 is 0 Å². The third-order valence-corrected chi connectivity index (χ3v) is 5.04. The van der Waals surface area contributed by atoms with E-state index in [0.717, 1.165) is 22.6 Å². The summed E-state index contributed by atoms with van der Waals surface area (Å²) in [7, 11) is 0. The third-order valence-electron chi connectivity index (χ3n) is 3.93. The number of hydrogen-bond acceptors (Lipinski definition) is 0. The number of fused-ring (bicyclic) bond motifs is 1. The average Bonchev–Trinajstić information content (AvgIpc) is 2.75. The number of aryl methyl sites for hydroxylation is 3. The molecule has 2 heteroatoms. The quantitative estimate of drug-likeness (QED) is 0.574. The number of allylic oxidation sites excluding steroid dienone is 1. The molecule has 1 aliphatic carbocycles. The minimum atomic E-state index is 0.871. The summed E-state index contributed by atoms with van der Waals surface area (Å²) in [5.74, 6) is 0.